The van der Waals surface area contributed by atoms with E-state index in [4.69, 9.17) is 15.7 Å². The zero-order chi connectivity index (χ0) is 16.8. The van der Waals surface area contributed by atoms with E-state index >= 15 is 0 Å². The quantitative estimate of drug-likeness (QED) is 0.793. The first-order chi connectivity index (χ1) is 11.8. The fourth-order valence-corrected chi connectivity index (χ4v) is 3.64. The Labute approximate surface area is 145 Å². The van der Waals surface area contributed by atoms with Gasteiger partial charge in [0.2, 0.25) is 0 Å². The van der Waals surface area contributed by atoms with E-state index in [0.717, 1.165) is 50.3 Å². The second kappa shape index (κ2) is 8.36. The van der Waals surface area contributed by atoms with E-state index in [1.807, 2.05) is 6.20 Å². The second-order valence-electron chi connectivity index (χ2n) is 6.69. The van der Waals surface area contributed by atoms with E-state index in [9.17, 15) is 0 Å². The summed E-state index contributed by atoms with van der Waals surface area (Å²) in [6, 6.07) is 11.0. The summed E-state index contributed by atoms with van der Waals surface area (Å²) in [6.45, 7) is 4.75. The third-order valence-electron chi connectivity index (χ3n) is 4.82. The van der Waals surface area contributed by atoms with Crippen LogP contribution in [0, 0.1) is 6.92 Å². The topological polar surface area (TPSA) is 55.0 Å². The summed E-state index contributed by atoms with van der Waals surface area (Å²) in [5.74, 6) is 0. The Morgan fingerprint density at radius 3 is 2.96 bits per heavy atom. The molecule has 2 heterocycles. The molecular weight excluding hydrogens is 296 g/mol. The average Bonchev–Trinajstić information content (AvgIpc) is 2.61. The van der Waals surface area contributed by atoms with Gasteiger partial charge in [0.15, 0.2) is 0 Å². The summed E-state index contributed by atoms with van der Waals surface area (Å²) in [7, 11) is 0. The van der Waals surface area contributed by atoms with Crippen LogP contribution in [0.3, 0.4) is 0 Å². The predicted octanol–water partition coefficient (Wildman–Crippen LogP) is 3.40. The SMILES string of the molecule is Cc1cccc(CN(CCCCN)C2CCCc3cccnc32)n1. The molecule has 0 aliphatic heterocycles. The molecule has 3 rings (SSSR count). The standard InChI is InChI=1S/C20H28N4/c1-16-7-4-10-18(23-16)15-24(14-3-2-12-21)19-11-5-8-17-9-6-13-22-20(17)19/h4,6-7,9-10,13,19H,2-3,5,8,11-12,14-15,21H2,1H3. The van der Waals surface area contributed by atoms with Gasteiger partial charge in [0, 0.05) is 18.4 Å². The normalized spacial score (nSPS) is 17.0. The molecule has 4 heteroatoms. The molecule has 0 fully saturated rings. The minimum atomic E-state index is 0.398. The van der Waals surface area contributed by atoms with Gasteiger partial charge in [-0.3, -0.25) is 14.9 Å². The van der Waals surface area contributed by atoms with E-state index in [0.29, 0.717) is 6.04 Å². The van der Waals surface area contributed by atoms with Gasteiger partial charge in [-0.1, -0.05) is 12.1 Å². The number of rotatable bonds is 7. The maximum atomic E-state index is 5.70. The Morgan fingerprint density at radius 2 is 2.12 bits per heavy atom. The van der Waals surface area contributed by atoms with Crippen LogP contribution >= 0.6 is 0 Å². The van der Waals surface area contributed by atoms with Gasteiger partial charge in [-0.05, 0) is 75.9 Å². The molecule has 1 aliphatic carbocycles. The van der Waals surface area contributed by atoms with Crippen molar-refractivity contribution in [3.63, 3.8) is 0 Å². The smallest absolute Gasteiger partial charge is 0.0607 e. The van der Waals surface area contributed by atoms with E-state index in [1.165, 1.54) is 24.1 Å². The molecular formula is C20H28N4. The summed E-state index contributed by atoms with van der Waals surface area (Å²) in [6.07, 6.45) is 7.69. The number of aryl methyl sites for hydroxylation is 2. The summed E-state index contributed by atoms with van der Waals surface area (Å²) in [5, 5.41) is 0. The van der Waals surface area contributed by atoms with Crippen LogP contribution in [0.4, 0.5) is 0 Å². The van der Waals surface area contributed by atoms with E-state index in [1.54, 1.807) is 0 Å². The van der Waals surface area contributed by atoms with Gasteiger partial charge in [0.1, 0.15) is 0 Å². The van der Waals surface area contributed by atoms with Crippen molar-refractivity contribution in [2.24, 2.45) is 5.73 Å². The highest BCUT2D eigenvalue weighted by atomic mass is 15.2. The molecule has 0 amide bonds. The molecule has 1 atom stereocenters. The Bertz CT molecular complexity index is 656. The number of hydrogen-bond donors (Lipinski definition) is 1. The second-order valence-corrected chi connectivity index (χ2v) is 6.69. The predicted molar refractivity (Wildman–Crippen MR) is 97.6 cm³/mol. The molecule has 2 N–H and O–H groups in total. The van der Waals surface area contributed by atoms with Gasteiger partial charge in [-0.2, -0.15) is 0 Å². The van der Waals surface area contributed by atoms with Crippen LogP contribution < -0.4 is 5.73 Å². The highest BCUT2D eigenvalue weighted by Crippen LogP contribution is 2.33. The monoisotopic (exact) mass is 324 g/mol. The van der Waals surface area contributed by atoms with Crippen LogP contribution in [0.1, 0.15) is 54.4 Å². The zero-order valence-electron chi connectivity index (χ0n) is 14.6. The maximum Gasteiger partial charge on any atom is 0.0607 e. The van der Waals surface area contributed by atoms with Crippen molar-refractivity contribution in [3.8, 4) is 0 Å². The summed E-state index contributed by atoms with van der Waals surface area (Å²) in [5.41, 5.74) is 10.6. The van der Waals surface area contributed by atoms with Crippen molar-refractivity contribution in [2.45, 2.75) is 51.6 Å². The van der Waals surface area contributed by atoms with Crippen LogP contribution in [0.15, 0.2) is 36.5 Å². The number of fused-ring (bicyclic) bond motifs is 1. The Hall–Kier alpha value is -1.78. The lowest BCUT2D eigenvalue weighted by Crippen LogP contribution is -2.33. The van der Waals surface area contributed by atoms with E-state index < -0.39 is 0 Å². The molecule has 0 aromatic carbocycles. The number of aromatic nitrogens is 2. The largest absolute Gasteiger partial charge is 0.330 e. The Kier molecular flexibility index (Phi) is 5.94. The van der Waals surface area contributed by atoms with Crippen molar-refractivity contribution in [2.75, 3.05) is 13.1 Å². The Balaban J connectivity index is 1.82. The minimum absolute atomic E-state index is 0.398. The van der Waals surface area contributed by atoms with Gasteiger partial charge in [0.25, 0.3) is 0 Å². The zero-order valence-corrected chi connectivity index (χ0v) is 14.6. The first-order valence-corrected chi connectivity index (χ1v) is 9.08. The molecule has 128 valence electrons. The van der Waals surface area contributed by atoms with Gasteiger partial charge >= 0.3 is 0 Å². The highest BCUT2D eigenvalue weighted by molar-refractivity contribution is 5.25. The van der Waals surface area contributed by atoms with Crippen LogP contribution in [0.5, 0.6) is 0 Å². The average molecular weight is 324 g/mol. The number of unbranched alkanes of at least 4 members (excludes halogenated alkanes) is 1. The molecule has 0 saturated heterocycles. The molecule has 0 spiro atoms. The number of nitrogens with two attached hydrogens (primary N) is 1. The maximum absolute atomic E-state index is 5.70. The van der Waals surface area contributed by atoms with Crippen molar-refractivity contribution >= 4 is 0 Å². The minimum Gasteiger partial charge on any atom is -0.330 e. The van der Waals surface area contributed by atoms with Crippen molar-refractivity contribution in [1.29, 1.82) is 0 Å². The van der Waals surface area contributed by atoms with Gasteiger partial charge in [-0.15, -0.1) is 0 Å². The van der Waals surface area contributed by atoms with Gasteiger partial charge in [0.05, 0.1) is 17.4 Å². The van der Waals surface area contributed by atoms with Crippen LogP contribution in [-0.4, -0.2) is 28.0 Å². The molecule has 1 unspecified atom stereocenters. The van der Waals surface area contributed by atoms with Gasteiger partial charge < -0.3 is 5.73 Å². The molecule has 1 aliphatic rings. The molecule has 0 radical (unpaired) electrons. The summed E-state index contributed by atoms with van der Waals surface area (Å²) in [4.78, 5) is 12.0. The third-order valence-corrected chi connectivity index (χ3v) is 4.82. The van der Waals surface area contributed by atoms with Crippen molar-refractivity contribution < 1.29 is 0 Å². The van der Waals surface area contributed by atoms with E-state index in [-0.39, 0.29) is 0 Å². The summed E-state index contributed by atoms with van der Waals surface area (Å²) < 4.78 is 0. The lowest BCUT2D eigenvalue weighted by molar-refractivity contribution is 0.161. The molecule has 4 nitrogen and oxygen atoms in total. The fourth-order valence-electron chi connectivity index (χ4n) is 3.64. The lowest BCUT2D eigenvalue weighted by atomic mass is 9.90. The third kappa shape index (κ3) is 4.19. The molecule has 2 aromatic heterocycles. The lowest BCUT2D eigenvalue weighted by Gasteiger charge is -2.35. The number of pyridine rings is 2. The molecule has 0 bridgehead atoms. The van der Waals surface area contributed by atoms with Crippen molar-refractivity contribution in [1.82, 2.24) is 14.9 Å². The number of nitrogens with zero attached hydrogens (tertiary/aromatic N) is 3. The first kappa shape index (κ1) is 17.1. The van der Waals surface area contributed by atoms with Crippen LogP contribution in [0.25, 0.3) is 0 Å². The highest BCUT2D eigenvalue weighted by Gasteiger charge is 2.27. The van der Waals surface area contributed by atoms with Gasteiger partial charge in [-0.25, -0.2) is 0 Å². The Morgan fingerprint density at radius 1 is 1.21 bits per heavy atom. The molecule has 2 aromatic rings. The molecule has 24 heavy (non-hydrogen) atoms. The fraction of sp³-hybridized carbons (Fsp3) is 0.500. The van der Waals surface area contributed by atoms with E-state index in [2.05, 4.69) is 42.2 Å². The van der Waals surface area contributed by atoms with Crippen molar-refractivity contribution in [3.05, 3.63) is 59.2 Å². The molecule has 0 saturated carbocycles. The van der Waals surface area contributed by atoms with Crippen LogP contribution in [-0.2, 0) is 13.0 Å². The first-order valence-electron chi connectivity index (χ1n) is 9.08. The number of hydrogen-bond acceptors (Lipinski definition) is 4. The van der Waals surface area contributed by atoms with Crippen LogP contribution in [0.2, 0.25) is 0 Å². The summed E-state index contributed by atoms with van der Waals surface area (Å²) >= 11 is 0.